The Morgan fingerprint density at radius 1 is 0.826 bits per heavy atom. The number of Topliss-reactive ketones (excluding diaryl/α,β-unsaturated/α-hetero) is 1. The molecule has 4 heteroatoms. The Labute approximate surface area is 133 Å². The minimum atomic E-state index is -0.496. The number of hydrogen-bond donors (Lipinski definition) is 1. The molecule has 0 heterocycles. The predicted molar refractivity (Wildman–Crippen MR) is 88.7 cm³/mol. The van der Waals surface area contributed by atoms with E-state index >= 15 is 0 Å². The molecule has 0 aliphatic rings. The first-order valence-electron chi connectivity index (χ1n) is 7.18. The lowest BCUT2D eigenvalue weighted by molar-refractivity contribution is 0.0920. The molecule has 4 nitrogen and oxygen atoms in total. The van der Waals surface area contributed by atoms with Crippen LogP contribution in [0.4, 0.5) is 0 Å². The number of ether oxygens (including phenoxy) is 1. The molecule has 0 spiro atoms. The van der Waals surface area contributed by atoms with E-state index in [4.69, 9.17) is 10.5 Å². The van der Waals surface area contributed by atoms with E-state index in [1.165, 1.54) is 0 Å². The molecule has 23 heavy (non-hydrogen) atoms. The molecule has 0 saturated carbocycles. The largest absolute Gasteiger partial charge is 0.485 e. The molecule has 3 aromatic rings. The number of benzene rings is 3. The van der Waals surface area contributed by atoms with Gasteiger partial charge in [-0.2, -0.15) is 0 Å². The molecule has 2 N–H and O–H groups in total. The topological polar surface area (TPSA) is 69.4 Å². The average Bonchev–Trinajstić information content (AvgIpc) is 2.59. The highest BCUT2D eigenvalue weighted by atomic mass is 16.5. The van der Waals surface area contributed by atoms with Gasteiger partial charge in [0.2, 0.25) is 5.91 Å². The van der Waals surface area contributed by atoms with Crippen LogP contribution < -0.4 is 10.5 Å². The quantitative estimate of drug-likeness (QED) is 0.736. The normalized spacial score (nSPS) is 10.4. The summed E-state index contributed by atoms with van der Waals surface area (Å²) in [6.45, 7) is -0.0613. The fourth-order valence-corrected chi connectivity index (χ4v) is 2.31. The van der Waals surface area contributed by atoms with Crippen LogP contribution in [0.15, 0.2) is 66.7 Å². The summed E-state index contributed by atoms with van der Waals surface area (Å²) in [5, 5.41) is 2.11. The number of hydrogen-bond acceptors (Lipinski definition) is 3. The standard InChI is InChI=1S/C19H15NO3/c20-19(22)14-7-9-17(10-8-14)23-12-18(21)16-6-5-13-3-1-2-4-15(13)11-16/h1-11H,12H2,(H2,20,22). The molecule has 3 aromatic carbocycles. The van der Waals surface area contributed by atoms with Crippen LogP contribution in [0.3, 0.4) is 0 Å². The minimum Gasteiger partial charge on any atom is -0.485 e. The lowest BCUT2D eigenvalue weighted by atomic mass is 10.0. The van der Waals surface area contributed by atoms with Crippen LogP contribution >= 0.6 is 0 Å². The Kier molecular flexibility index (Phi) is 4.06. The van der Waals surface area contributed by atoms with Crippen LogP contribution in [0.2, 0.25) is 0 Å². The molecule has 0 aliphatic carbocycles. The average molecular weight is 305 g/mol. The van der Waals surface area contributed by atoms with Gasteiger partial charge in [0.05, 0.1) is 0 Å². The summed E-state index contributed by atoms with van der Waals surface area (Å²) in [5.74, 6) is -0.0809. The van der Waals surface area contributed by atoms with Gasteiger partial charge in [-0.3, -0.25) is 9.59 Å². The van der Waals surface area contributed by atoms with Crippen LogP contribution in [0.25, 0.3) is 10.8 Å². The van der Waals surface area contributed by atoms with Gasteiger partial charge in [0.15, 0.2) is 12.4 Å². The van der Waals surface area contributed by atoms with Crippen molar-refractivity contribution in [3.05, 3.63) is 77.9 Å². The second kappa shape index (κ2) is 6.32. The monoisotopic (exact) mass is 305 g/mol. The fourth-order valence-electron chi connectivity index (χ4n) is 2.31. The number of amides is 1. The van der Waals surface area contributed by atoms with Crippen LogP contribution in [-0.4, -0.2) is 18.3 Å². The number of fused-ring (bicyclic) bond motifs is 1. The van der Waals surface area contributed by atoms with Crippen molar-refractivity contribution in [1.82, 2.24) is 0 Å². The Morgan fingerprint density at radius 3 is 2.17 bits per heavy atom. The summed E-state index contributed by atoms with van der Waals surface area (Å²) in [5.41, 5.74) is 6.18. The van der Waals surface area contributed by atoms with Gasteiger partial charge in [0.25, 0.3) is 0 Å². The zero-order valence-electron chi connectivity index (χ0n) is 12.4. The maximum atomic E-state index is 12.2. The Balaban J connectivity index is 1.69. The van der Waals surface area contributed by atoms with Crippen molar-refractivity contribution in [3.63, 3.8) is 0 Å². The van der Waals surface area contributed by atoms with Crippen molar-refractivity contribution >= 4 is 22.5 Å². The maximum absolute atomic E-state index is 12.2. The summed E-state index contributed by atoms with van der Waals surface area (Å²) >= 11 is 0. The summed E-state index contributed by atoms with van der Waals surface area (Å²) in [4.78, 5) is 23.2. The molecule has 0 unspecified atom stereocenters. The molecule has 0 radical (unpaired) electrons. The predicted octanol–water partition coefficient (Wildman–Crippen LogP) is 3.20. The molecule has 0 atom stereocenters. The first-order valence-corrected chi connectivity index (χ1v) is 7.18. The highest BCUT2D eigenvalue weighted by Gasteiger charge is 2.08. The van der Waals surface area contributed by atoms with Crippen LogP contribution in [0.5, 0.6) is 5.75 Å². The van der Waals surface area contributed by atoms with Crippen molar-refractivity contribution in [2.24, 2.45) is 5.73 Å². The highest BCUT2D eigenvalue weighted by Crippen LogP contribution is 2.17. The zero-order chi connectivity index (χ0) is 16.2. The van der Waals surface area contributed by atoms with E-state index < -0.39 is 5.91 Å². The number of ketones is 1. The van der Waals surface area contributed by atoms with E-state index in [1.807, 2.05) is 36.4 Å². The van der Waals surface area contributed by atoms with Gasteiger partial charge < -0.3 is 10.5 Å². The van der Waals surface area contributed by atoms with Crippen molar-refractivity contribution in [1.29, 1.82) is 0 Å². The van der Waals surface area contributed by atoms with Crippen LogP contribution in [0.1, 0.15) is 20.7 Å². The molecule has 0 bridgehead atoms. The maximum Gasteiger partial charge on any atom is 0.248 e. The molecular formula is C19H15NO3. The van der Waals surface area contributed by atoms with E-state index in [-0.39, 0.29) is 12.4 Å². The third-order valence-electron chi connectivity index (χ3n) is 3.58. The number of nitrogens with two attached hydrogens (primary N) is 1. The molecular weight excluding hydrogens is 290 g/mol. The summed E-state index contributed by atoms with van der Waals surface area (Å²) < 4.78 is 5.47. The number of rotatable bonds is 5. The van der Waals surface area contributed by atoms with Gasteiger partial charge in [0, 0.05) is 11.1 Å². The molecule has 114 valence electrons. The molecule has 0 saturated heterocycles. The minimum absolute atomic E-state index is 0.0613. The summed E-state index contributed by atoms with van der Waals surface area (Å²) in [6.07, 6.45) is 0. The van der Waals surface area contributed by atoms with E-state index in [0.29, 0.717) is 16.9 Å². The smallest absolute Gasteiger partial charge is 0.248 e. The highest BCUT2D eigenvalue weighted by molar-refractivity contribution is 6.00. The Bertz CT molecular complexity index is 869. The van der Waals surface area contributed by atoms with Gasteiger partial charge in [0.1, 0.15) is 5.75 Å². The van der Waals surface area contributed by atoms with E-state index in [1.54, 1.807) is 30.3 Å². The lowest BCUT2D eigenvalue weighted by Gasteiger charge is -2.07. The first-order chi connectivity index (χ1) is 11.1. The van der Waals surface area contributed by atoms with E-state index in [0.717, 1.165) is 10.8 Å². The third kappa shape index (κ3) is 3.37. The number of carbonyl (C=O) groups excluding carboxylic acids is 2. The SMILES string of the molecule is NC(=O)c1ccc(OCC(=O)c2ccc3ccccc3c2)cc1. The van der Waals surface area contributed by atoms with Crippen molar-refractivity contribution in [2.75, 3.05) is 6.61 Å². The molecule has 0 aromatic heterocycles. The summed E-state index contributed by atoms with van der Waals surface area (Å²) in [7, 11) is 0. The third-order valence-corrected chi connectivity index (χ3v) is 3.58. The Morgan fingerprint density at radius 2 is 1.48 bits per heavy atom. The van der Waals surface area contributed by atoms with Gasteiger partial charge in [-0.25, -0.2) is 0 Å². The van der Waals surface area contributed by atoms with Crippen LogP contribution in [0, 0.1) is 0 Å². The molecule has 1 amide bonds. The van der Waals surface area contributed by atoms with E-state index in [9.17, 15) is 9.59 Å². The lowest BCUT2D eigenvalue weighted by Crippen LogP contribution is -2.12. The van der Waals surface area contributed by atoms with Gasteiger partial charge in [-0.15, -0.1) is 0 Å². The van der Waals surface area contributed by atoms with Crippen molar-refractivity contribution in [2.45, 2.75) is 0 Å². The molecule has 0 fully saturated rings. The zero-order valence-corrected chi connectivity index (χ0v) is 12.4. The first kappa shape index (κ1) is 14.8. The van der Waals surface area contributed by atoms with Crippen molar-refractivity contribution in [3.8, 4) is 5.75 Å². The van der Waals surface area contributed by atoms with Gasteiger partial charge in [-0.05, 0) is 41.1 Å². The van der Waals surface area contributed by atoms with Crippen LogP contribution in [-0.2, 0) is 0 Å². The van der Waals surface area contributed by atoms with Crippen molar-refractivity contribution < 1.29 is 14.3 Å². The van der Waals surface area contributed by atoms with E-state index in [2.05, 4.69) is 0 Å². The number of carbonyl (C=O) groups is 2. The molecule has 3 rings (SSSR count). The second-order valence-corrected chi connectivity index (χ2v) is 5.16. The van der Waals surface area contributed by atoms with Gasteiger partial charge >= 0.3 is 0 Å². The number of primary amides is 1. The summed E-state index contributed by atoms with van der Waals surface area (Å²) in [6, 6.07) is 19.8. The molecule has 0 aliphatic heterocycles. The Hall–Kier alpha value is -3.14. The fraction of sp³-hybridized carbons (Fsp3) is 0.0526. The van der Waals surface area contributed by atoms with Gasteiger partial charge in [-0.1, -0.05) is 36.4 Å². The second-order valence-electron chi connectivity index (χ2n) is 5.16.